The van der Waals surface area contributed by atoms with E-state index in [0.29, 0.717) is 12.1 Å². The molecule has 76 valence electrons. The lowest BCUT2D eigenvalue weighted by Crippen LogP contribution is -2.49. The van der Waals surface area contributed by atoms with E-state index in [1.807, 2.05) is 12.1 Å². The molecule has 2 saturated heterocycles. The van der Waals surface area contributed by atoms with Crippen LogP contribution in [0, 0.1) is 5.92 Å². The molecule has 4 heteroatoms. The van der Waals surface area contributed by atoms with Gasteiger partial charge < -0.3 is 10.2 Å². The Morgan fingerprint density at radius 2 is 2.43 bits per heavy atom. The number of hydrogen-bond acceptors (Lipinski definition) is 3. The topological polar surface area (TPSA) is 42.4 Å². The van der Waals surface area contributed by atoms with E-state index in [-0.39, 0.29) is 0 Å². The van der Waals surface area contributed by atoms with Crippen LogP contribution in [-0.2, 0) is 6.54 Å². The minimum Gasteiger partial charge on any atom is -0.453 e. The molecule has 2 aliphatic heterocycles. The summed E-state index contributed by atoms with van der Waals surface area (Å²) in [6.45, 7) is 2.05. The molecule has 3 aliphatic rings. The van der Waals surface area contributed by atoms with Crippen molar-refractivity contribution in [2.45, 2.75) is 25.0 Å². The molecule has 3 heterocycles. The monoisotopic (exact) mass is 256 g/mol. The fourth-order valence-electron chi connectivity index (χ4n) is 2.59. The van der Waals surface area contributed by atoms with Crippen molar-refractivity contribution >= 4 is 15.9 Å². The number of halogens is 1. The lowest BCUT2D eigenvalue weighted by Gasteiger charge is -2.33. The zero-order chi connectivity index (χ0) is 9.71. The fourth-order valence-corrected chi connectivity index (χ4v) is 2.93. The maximum atomic E-state index is 6.00. The van der Waals surface area contributed by atoms with Crippen LogP contribution in [0.5, 0.6) is 0 Å². The molecule has 1 aliphatic carbocycles. The quantitative estimate of drug-likeness (QED) is 0.874. The van der Waals surface area contributed by atoms with E-state index in [4.69, 9.17) is 10.2 Å². The van der Waals surface area contributed by atoms with Crippen LogP contribution in [0.15, 0.2) is 21.2 Å². The fraction of sp³-hybridized carbons (Fsp3) is 0.600. The van der Waals surface area contributed by atoms with Gasteiger partial charge in [-0.2, -0.15) is 0 Å². The summed E-state index contributed by atoms with van der Waals surface area (Å²) in [6.07, 6.45) is 1.28. The maximum absolute atomic E-state index is 6.00. The Morgan fingerprint density at radius 3 is 2.93 bits per heavy atom. The second-order valence-corrected chi connectivity index (χ2v) is 5.06. The first-order valence-corrected chi connectivity index (χ1v) is 5.77. The first-order chi connectivity index (χ1) is 6.74. The van der Waals surface area contributed by atoms with Crippen LogP contribution in [-0.4, -0.2) is 23.5 Å². The van der Waals surface area contributed by atoms with Gasteiger partial charge >= 0.3 is 0 Å². The summed E-state index contributed by atoms with van der Waals surface area (Å²) in [5.41, 5.74) is 6.00. The lowest BCUT2D eigenvalue weighted by molar-refractivity contribution is 0.197. The van der Waals surface area contributed by atoms with Gasteiger partial charge in [-0.25, -0.2) is 0 Å². The van der Waals surface area contributed by atoms with Crippen molar-refractivity contribution in [1.82, 2.24) is 4.90 Å². The highest BCUT2D eigenvalue weighted by Gasteiger charge is 2.49. The summed E-state index contributed by atoms with van der Waals surface area (Å²) in [4.78, 5) is 2.43. The minimum absolute atomic E-state index is 0.411. The molecule has 0 spiro atoms. The number of furan rings is 1. The number of fused-ring (bicyclic) bond motifs is 1. The number of hydrogen-bond donors (Lipinski definition) is 1. The standard InChI is InChI=1S/C10H13BrN2O/c11-9-2-1-7(14-9)5-13-4-6-3-8(13)10(6)12/h1-2,6,8,10H,3-5,12H2. The lowest BCUT2D eigenvalue weighted by atomic mass is 9.81. The third kappa shape index (κ3) is 1.25. The van der Waals surface area contributed by atoms with Gasteiger partial charge in [-0.15, -0.1) is 0 Å². The summed E-state index contributed by atoms with van der Waals surface area (Å²) in [7, 11) is 0. The van der Waals surface area contributed by atoms with Gasteiger partial charge in [0.1, 0.15) is 5.76 Å². The zero-order valence-electron chi connectivity index (χ0n) is 7.82. The van der Waals surface area contributed by atoms with E-state index < -0.39 is 0 Å². The van der Waals surface area contributed by atoms with Crippen molar-refractivity contribution in [1.29, 1.82) is 0 Å². The summed E-state index contributed by atoms with van der Waals surface area (Å²) >= 11 is 3.31. The van der Waals surface area contributed by atoms with Gasteiger partial charge in [-0.1, -0.05) is 0 Å². The summed E-state index contributed by atoms with van der Waals surface area (Å²) < 4.78 is 6.29. The third-order valence-electron chi connectivity index (χ3n) is 3.46. The molecule has 1 aromatic heterocycles. The van der Waals surface area contributed by atoms with E-state index >= 15 is 0 Å². The number of nitrogens with zero attached hydrogens (tertiary/aromatic N) is 1. The van der Waals surface area contributed by atoms with E-state index in [9.17, 15) is 0 Å². The molecular weight excluding hydrogens is 244 g/mol. The van der Waals surface area contributed by atoms with Crippen LogP contribution in [0.25, 0.3) is 0 Å². The van der Waals surface area contributed by atoms with Crippen LogP contribution in [0.2, 0.25) is 0 Å². The molecule has 2 bridgehead atoms. The Labute approximate surface area is 91.4 Å². The van der Waals surface area contributed by atoms with Gasteiger partial charge in [0.2, 0.25) is 0 Å². The molecule has 1 saturated carbocycles. The molecule has 3 atom stereocenters. The van der Waals surface area contributed by atoms with Crippen molar-refractivity contribution in [3.63, 3.8) is 0 Å². The first kappa shape index (κ1) is 8.95. The second kappa shape index (κ2) is 3.08. The molecule has 3 nitrogen and oxygen atoms in total. The van der Waals surface area contributed by atoms with E-state index in [0.717, 1.165) is 29.4 Å². The van der Waals surface area contributed by atoms with Crippen molar-refractivity contribution in [2.75, 3.05) is 6.54 Å². The van der Waals surface area contributed by atoms with Crippen molar-refractivity contribution in [3.05, 3.63) is 22.6 Å². The molecule has 0 radical (unpaired) electrons. The Hall–Kier alpha value is -0.320. The smallest absolute Gasteiger partial charge is 0.169 e. The predicted octanol–water partition coefficient (Wildman–Crippen LogP) is 1.57. The predicted molar refractivity (Wildman–Crippen MR) is 56.7 cm³/mol. The molecule has 0 amide bonds. The average molecular weight is 257 g/mol. The first-order valence-electron chi connectivity index (χ1n) is 4.98. The maximum Gasteiger partial charge on any atom is 0.169 e. The van der Waals surface area contributed by atoms with Gasteiger partial charge in [0.25, 0.3) is 0 Å². The van der Waals surface area contributed by atoms with Crippen molar-refractivity contribution in [2.24, 2.45) is 11.7 Å². The van der Waals surface area contributed by atoms with Gasteiger partial charge in [0.05, 0.1) is 6.54 Å². The van der Waals surface area contributed by atoms with Crippen LogP contribution in [0.1, 0.15) is 12.2 Å². The molecule has 0 aromatic carbocycles. The average Bonchev–Trinajstić information content (AvgIpc) is 2.79. The van der Waals surface area contributed by atoms with E-state index in [2.05, 4.69) is 20.8 Å². The SMILES string of the molecule is NC1C2CC1N(Cc1ccc(Br)o1)C2. The van der Waals surface area contributed by atoms with Gasteiger partial charge in [-0.05, 0) is 40.4 Å². The molecule has 2 N–H and O–H groups in total. The van der Waals surface area contributed by atoms with Crippen molar-refractivity contribution in [3.8, 4) is 0 Å². The van der Waals surface area contributed by atoms with E-state index in [1.54, 1.807) is 0 Å². The highest BCUT2D eigenvalue weighted by Crippen LogP contribution is 2.40. The number of nitrogens with two attached hydrogens (primary N) is 1. The molecule has 4 rings (SSSR count). The second-order valence-electron chi connectivity index (χ2n) is 4.28. The van der Waals surface area contributed by atoms with Crippen LogP contribution < -0.4 is 5.73 Å². The van der Waals surface area contributed by atoms with Crippen LogP contribution >= 0.6 is 15.9 Å². The Balaban J connectivity index is 1.69. The van der Waals surface area contributed by atoms with Gasteiger partial charge in [0, 0.05) is 18.6 Å². The van der Waals surface area contributed by atoms with Gasteiger partial charge in [-0.3, -0.25) is 4.90 Å². The largest absolute Gasteiger partial charge is 0.453 e. The Morgan fingerprint density at radius 1 is 1.57 bits per heavy atom. The highest BCUT2D eigenvalue weighted by atomic mass is 79.9. The Bertz CT molecular complexity index is 352. The normalized spacial score (nSPS) is 36.0. The molecule has 14 heavy (non-hydrogen) atoms. The molecular formula is C10H13BrN2O. The Kier molecular flexibility index (Phi) is 1.97. The van der Waals surface area contributed by atoms with Crippen LogP contribution in [0.3, 0.4) is 0 Å². The zero-order valence-corrected chi connectivity index (χ0v) is 9.40. The van der Waals surface area contributed by atoms with Crippen molar-refractivity contribution < 1.29 is 4.42 Å². The van der Waals surface area contributed by atoms with Crippen LogP contribution in [0.4, 0.5) is 0 Å². The van der Waals surface area contributed by atoms with E-state index in [1.165, 1.54) is 6.42 Å². The minimum atomic E-state index is 0.411. The highest BCUT2D eigenvalue weighted by molar-refractivity contribution is 9.10. The third-order valence-corrected chi connectivity index (χ3v) is 3.88. The molecule has 1 aromatic rings. The summed E-state index contributed by atoms with van der Waals surface area (Å²) in [6, 6.07) is 4.97. The summed E-state index contributed by atoms with van der Waals surface area (Å²) in [5.74, 6) is 1.76. The number of rotatable bonds is 2. The molecule has 3 fully saturated rings. The molecule has 3 unspecified atom stereocenters. The van der Waals surface area contributed by atoms with Gasteiger partial charge in [0.15, 0.2) is 4.67 Å². The summed E-state index contributed by atoms with van der Waals surface area (Å²) in [5, 5.41) is 0.